The van der Waals surface area contributed by atoms with Gasteiger partial charge in [-0.3, -0.25) is 9.69 Å². The Balaban J connectivity index is 2.45. The number of halogens is 1. The number of carbonyl (C=O) groups is 2. The monoisotopic (exact) mass is 316 g/mol. The Kier molecular flexibility index (Phi) is 3.39. The molecule has 7 heteroatoms. The first-order chi connectivity index (χ1) is 7.99. The van der Waals surface area contributed by atoms with Crippen LogP contribution in [0.1, 0.15) is 16.8 Å². The van der Waals surface area contributed by atoms with Gasteiger partial charge in [0, 0.05) is 28.9 Å². The van der Waals surface area contributed by atoms with Crippen LogP contribution in [0.5, 0.6) is 0 Å². The van der Waals surface area contributed by atoms with Crippen LogP contribution in [0.25, 0.3) is 0 Å². The van der Waals surface area contributed by atoms with Gasteiger partial charge in [0.2, 0.25) is 5.91 Å². The van der Waals surface area contributed by atoms with Crippen LogP contribution < -0.4 is 4.90 Å². The molecule has 2 heterocycles. The predicted molar refractivity (Wildman–Crippen MR) is 68.6 cm³/mol. The van der Waals surface area contributed by atoms with Crippen LogP contribution in [0, 0.1) is 0 Å². The quantitative estimate of drug-likeness (QED) is 0.813. The van der Waals surface area contributed by atoms with Crippen molar-refractivity contribution in [3.05, 3.63) is 22.3 Å². The molecule has 1 amide bonds. The molecule has 1 saturated heterocycles. The highest BCUT2D eigenvalue weighted by molar-refractivity contribution is 9.10. The zero-order valence-corrected chi connectivity index (χ0v) is 11.1. The van der Waals surface area contributed by atoms with E-state index in [1.165, 1.54) is 17.2 Å². The van der Waals surface area contributed by atoms with Gasteiger partial charge in [-0.2, -0.15) is 12.6 Å². The molecule has 5 nitrogen and oxygen atoms in total. The van der Waals surface area contributed by atoms with Crippen molar-refractivity contribution in [2.45, 2.75) is 11.7 Å². The number of carboxylic acids is 1. The third-order valence-corrected chi connectivity index (χ3v) is 3.20. The highest BCUT2D eigenvalue weighted by Gasteiger charge is 2.31. The molecule has 1 fully saturated rings. The molecular weight excluding hydrogens is 308 g/mol. The summed E-state index contributed by atoms with van der Waals surface area (Å²) in [5.41, 5.74) is 0.00941. The van der Waals surface area contributed by atoms with Crippen molar-refractivity contribution in [2.75, 3.05) is 11.4 Å². The SMILES string of the molecule is O=C(O)c1cc(Br)cnc1N1CC(S)CC1=O. The molecule has 0 aliphatic carbocycles. The lowest BCUT2D eigenvalue weighted by molar-refractivity contribution is -0.117. The maximum absolute atomic E-state index is 11.7. The minimum Gasteiger partial charge on any atom is -0.478 e. The van der Waals surface area contributed by atoms with E-state index in [9.17, 15) is 9.59 Å². The Hall–Kier alpha value is -1.08. The lowest BCUT2D eigenvalue weighted by Gasteiger charge is -2.16. The number of carbonyl (C=O) groups excluding carboxylic acids is 1. The van der Waals surface area contributed by atoms with Crippen molar-refractivity contribution in [3.8, 4) is 0 Å². The number of anilines is 1. The number of thiol groups is 1. The van der Waals surface area contributed by atoms with Crippen molar-refractivity contribution in [1.29, 1.82) is 0 Å². The van der Waals surface area contributed by atoms with E-state index in [0.717, 1.165) is 0 Å². The lowest BCUT2D eigenvalue weighted by atomic mass is 10.2. The molecule has 0 spiro atoms. The van der Waals surface area contributed by atoms with Gasteiger partial charge in [0.05, 0.1) is 0 Å². The van der Waals surface area contributed by atoms with E-state index >= 15 is 0 Å². The summed E-state index contributed by atoms with van der Waals surface area (Å²) < 4.78 is 0.563. The minimum atomic E-state index is -1.11. The van der Waals surface area contributed by atoms with E-state index in [-0.39, 0.29) is 22.5 Å². The summed E-state index contributed by atoms with van der Waals surface area (Å²) in [6, 6.07) is 1.43. The fraction of sp³-hybridized carbons (Fsp3) is 0.300. The van der Waals surface area contributed by atoms with Crippen LogP contribution in [0.4, 0.5) is 5.82 Å². The average molecular weight is 317 g/mol. The van der Waals surface area contributed by atoms with E-state index in [1.54, 1.807) is 0 Å². The van der Waals surface area contributed by atoms with E-state index < -0.39 is 5.97 Å². The van der Waals surface area contributed by atoms with Crippen LogP contribution in [-0.2, 0) is 4.79 Å². The normalized spacial score (nSPS) is 19.8. The maximum Gasteiger partial charge on any atom is 0.339 e. The summed E-state index contributed by atoms with van der Waals surface area (Å²) in [4.78, 5) is 28.2. The fourth-order valence-electron chi connectivity index (χ4n) is 1.70. The van der Waals surface area contributed by atoms with Gasteiger partial charge in [0.15, 0.2) is 0 Å². The predicted octanol–water partition coefficient (Wildman–Crippen LogP) is 1.58. The fourth-order valence-corrected chi connectivity index (χ4v) is 2.35. The Labute approximate surface area is 111 Å². The first kappa shape index (κ1) is 12.4. The largest absolute Gasteiger partial charge is 0.478 e. The molecule has 0 saturated carbocycles. The Bertz CT molecular complexity index is 494. The van der Waals surface area contributed by atoms with Crippen LogP contribution in [0.15, 0.2) is 16.7 Å². The molecule has 90 valence electrons. The van der Waals surface area contributed by atoms with Gasteiger partial charge in [-0.15, -0.1) is 0 Å². The highest BCUT2D eigenvalue weighted by Crippen LogP contribution is 2.27. The number of rotatable bonds is 2. The second-order valence-electron chi connectivity index (χ2n) is 3.69. The highest BCUT2D eigenvalue weighted by atomic mass is 79.9. The summed E-state index contributed by atoms with van der Waals surface area (Å²) in [6.07, 6.45) is 1.78. The lowest BCUT2D eigenvalue weighted by Crippen LogP contribution is -2.27. The number of amides is 1. The second-order valence-corrected chi connectivity index (χ2v) is 5.34. The van der Waals surface area contributed by atoms with Gasteiger partial charge in [-0.05, 0) is 22.0 Å². The number of aromatic nitrogens is 1. The molecule has 1 aliphatic heterocycles. The van der Waals surface area contributed by atoms with E-state index in [2.05, 4.69) is 33.5 Å². The van der Waals surface area contributed by atoms with Gasteiger partial charge < -0.3 is 5.11 Å². The average Bonchev–Trinajstić information content (AvgIpc) is 2.57. The van der Waals surface area contributed by atoms with Crippen LogP contribution >= 0.6 is 28.6 Å². The Morgan fingerprint density at radius 2 is 2.35 bits per heavy atom. The first-order valence-electron chi connectivity index (χ1n) is 4.86. The van der Waals surface area contributed by atoms with Crippen molar-refractivity contribution in [3.63, 3.8) is 0 Å². The van der Waals surface area contributed by atoms with Gasteiger partial charge in [-0.25, -0.2) is 9.78 Å². The van der Waals surface area contributed by atoms with Gasteiger partial charge in [0.25, 0.3) is 0 Å². The summed E-state index contributed by atoms with van der Waals surface area (Å²) >= 11 is 7.38. The third-order valence-electron chi connectivity index (χ3n) is 2.42. The minimum absolute atomic E-state index is 0.00941. The molecule has 2 rings (SSSR count). The molecule has 1 unspecified atom stereocenters. The molecule has 1 N–H and O–H groups in total. The summed E-state index contributed by atoms with van der Waals surface area (Å²) in [7, 11) is 0. The van der Waals surface area contributed by atoms with Crippen molar-refractivity contribution in [2.24, 2.45) is 0 Å². The Morgan fingerprint density at radius 1 is 1.65 bits per heavy atom. The van der Waals surface area contributed by atoms with Crippen LogP contribution in [-0.4, -0.2) is 33.8 Å². The molecule has 0 radical (unpaired) electrons. The first-order valence-corrected chi connectivity index (χ1v) is 6.17. The van der Waals surface area contributed by atoms with Crippen LogP contribution in [0.3, 0.4) is 0 Å². The zero-order chi connectivity index (χ0) is 12.6. The molecule has 0 aromatic carbocycles. The smallest absolute Gasteiger partial charge is 0.339 e. The second kappa shape index (κ2) is 4.66. The number of hydrogen-bond donors (Lipinski definition) is 2. The van der Waals surface area contributed by atoms with E-state index in [0.29, 0.717) is 17.4 Å². The van der Waals surface area contributed by atoms with Crippen LogP contribution in [0.2, 0.25) is 0 Å². The number of nitrogens with zero attached hydrogens (tertiary/aromatic N) is 2. The molecule has 17 heavy (non-hydrogen) atoms. The maximum atomic E-state index is 11.7. The number of aromatic carboxylic acids is 1. The number of carboxylic acid groups (broad SMARTS) is 1. The Morgan fingerprint density at radius 3 is 2.88 bits per heavy atom. The molecule has 0 bridgehead atoms. The summed E-state index contributed by atoms with van der Waals surface area (Å²) in [5, 5.41) is 9.01. The molecule has 1 aromatic heterocycles. The molecule has 1 atom stereocenters. The van der Waals surface area contributed by atoms with E-state index in [1.807, 2.05) is 0 Å². The van der Waals surface area contributed by atoms with Gasteiger partial charge in [0.1, 0.15) is 11.4 Å². The standard InChI is InChI=1S/C10H9BrN2O3S/c11-5-1-7(10(15)16)9(12-3-5)13-4-6(17)2-8(13)14/h1,3,6,17H,2,4H2,(H,15,16). The summed E-state index contributed by atoms with van der Waals surface area (Å²) in [5.74, 6) is -1.08. The molecule has 1 aromatic rings. The third kappa shape index (κ3) is 2.44. The van der Waals surface area contributed by atoms with E-state index in [4.69, 9.17) is 5.11 Å². The molecular formula is C10H9BrN2O3S. The van der Waals surface area contributed by atoms with Crippen molar-refractivity contribution >= 4 is 46.3 Å². The number of pyridine rings is 1. The molecule has 1 aliphatic rings. The topological polar surface area (TPSA) is 70.5 Å². The summed E-state index contributed by atoms with van der Waals surface area (Å²) in [6.45, 7) is 0.386. The number of hydrogen-bond acceptors (Lipinski definition) is 4. The van der Waals surface area contributed by atoms with Gasteiger partial charge in [-0.1, -0.05) is 0 Å². The zero-order valence-electron chi connectivity index (χ0n) is 8.63. The van der Waals surface area contributed by atoms with Crippen molar-refractivity contribution in [1.82, 2.24) is 4.98 Å². The van der Waals surface area contributed by atoms with Gasteiger partial charge >= 0.3 is 5.97 Å². The van der Waals surface area contributed by atoms with Crippen molar-refractivity contribution < 1.29 is 14.7 Å².